The van der Waals surface area contributed by atoms with Crippen LogP contribution in [-0.4, -0.2) is 66.0 Å². The number of amides is 1. The quantitative estimate of drug-likeness (QED) is 0.857. The van der Waals surface area contributed by atoms with Crippen molar-refractivity contribution in [2.75, 3.05) is 39.3 Å². The molecule has 2 heterocycles. The molecular formula is C20H32N4O. The number of nitrogens with one attached hydrogen (secondary N) is 1. The Labute approximate surface area is 151 Å². The lowest BCUT2D eigenvalue weighted by Gasteiger charge is -2.35. The van der Waals surface area contributed by atoms with E-state index in [2.05, 4.69) is 33.1 Å². The number of pyridine rings is 1. The number of rotatable bonds is 6. The molecule has 5 heteroatoms. The highest BCUT2D eigenvalue weighted by atomic mass is 16.2. The Morgan fingerprint density at radius 2 is 2.00 bits per heavy atom. The Bertz CT molecular complexity index is 528. The summed E-state index contributed by atoms with van der Waals surface area (Å²) in [6, 6.07) is 6.50. The van der Waals surface area contributed by atoms with Crippen LogP contribution < -0.4 is 5.32 Å². The fourth-order valence-electron chi connectivity index (χ4n) is 4.03. The van der Waals surface area contributed by atoms with E-state index in [4.69, 9.17) is 0 Å². The molecule has 138 valence electrons. The number of carbonyl (C=O) groups is 1. The van der Waals surface area contributed by atoms with E-state index >= 15 is 0 Å². The number of hydrogen-bond donors (Lipinski definition) is 1. The van der Waals surface area contributed by atoms with Gasteiger partial charge in [-0.2, -0.15) is 0 Å². The lowest BCUT2D eigenvalue weighted by atomic mass is 9.87. The van der Waals surface area contributed by atoms with Gasteiger partial charge in [-0.15, -0.1) is 0 Å². The van der Waals surface area contributed by atoms with Crippen LogP contribution in [-0.2, 0) is 11.2 Å². The van der Waals surface area contributed by atoms with Crippen molar-refractivity contribution in [2.24, 2.45) is 5.92 Å². The number of carbonyl (C=O) groups excluding carboxylic acids is 1. The van der Waals surface area contributed by atoms with Crippen molar-refractivity contribution in [2.45, 2.75) is 45.1 Å². The Hall–Kier alpha value is -1.46. The minimum atomic E-state index is 0.209. The third-order valence-electron chi connectivity index (χ3n) is 5.54. The smallest absolute Gasteiger partial charge is 0.234 e. The molecule has 0 radical (unpaired) electrons. The van der Waals surface area contributed by atoms with Crippen LogP contribution in [0.2, 0.25) is 0 Å². The van der Waals surface area contributed by atoms with Crippen LogP contribution in [0.1, 0.15) is 38.3 Å². The molecule has 1 N–H and O–H groups in total. The summed E-state index contributed by atoms with van der Waals surface area (Å²) < 4.78 is 0. The largest absolute Gasteiger partial charge is 0.352 e. The monoisotopic (exact) mass is 344 g/mol. The zero-order chi connectivity index (χ0) is 17.5. The molecule has 25 heavy (non-hydrogen) atoms. The maximum atomic E-state index is 12.3. The van der Waals surface area contributed by atoms with E-state index in [9.17, 15) is 4.79 Å². The summed E-state index contributed by atoms with van der Waals surface area (Å²) in [6.07, 6.45) is 7.72. The van der Waals surface area contributed by atoms with Gasteiger partial charge in [0.05, 0.1) is 6.54 Å². The zero-order valence-electron chi connectivity index (χ0n) is 15.5. The van der Waals surface area contributed by atoms with Gasteiger partial charge in [0, 0.05) is 57.1 Å². The van der Waals surface area contributed by atoms with Crippen LogP contribution in [0.5, 0.6) is 0 Å². The van der Waals surface area contributed by atoms with E-state index in [0.29, 0.717) is 12.6 Å². The van der Waals surface area contributed by atoms with E-state index in [1.165, 1.54) is 12.8 Å². The Balaban J connectivity index is 1.32. The van der Waals surface area contributed by atoms with E-state index < -0.39 is 0 Å². The average Bonchev–Trinajstić information content (AvgIpc) is 2.62. The molecule has 1 aliphatic heterocycles. The van der Waals surface area contributed by atoms with Crippen LogP contribution >= 0.6 is 0 Å². The average molecular weight is 345 g/mol. The van der Waals surface area contributed by atoms with E-state index in [-0.39, 0.29) is 5.91 Å². The van der Waals surface area contributed by atoms with Crippen LogP contribution in [0.25, 0.3) is 0 Å². The van der Waals surface area contributed by atoms with Crippen LogP contribution in [0.15, 0.2) is 24.4 Å². The highest BCUT2D eigenvalue weighted by Gasteiger charge is 2.23. The normalized spacial score (nSPS) is 25.6. The molecule has 2 fully saturated rings. The standard InChI is InChI=1S/C20H32N4O/c1-17-5-4-7-19(15-17)22-20(25)16-24-13-11-23(12-14-24)10-8-18-6-2-3-9-21-18/h2-3,6,9,17,19H,4-5,7-8,10-16H2,1H3,(H,22,25)/t17-,19+/m0/s1. The van der Waals surface area contributed by atoms with Gasteiger partial charge in [0.25, 0.3) is 0 Å². The lowest BCUT2D eigenvalue weighted by Crippen LogP contribution is -2.51. The predicted octanol–water partition coefficient (Wildman–Crippen LogP) is 1.94. The van der Waals surface area contributed by atoms with Crippen molar-refractivity contribution < 1.29 is 4.79 Å². The zero-order valence-corrected chi connectivity index (χ0v) is 15.5. The van der Waals surface area contributed by atoms with Gasteiger partial charge in [-0.1, -0.05) is 25.8 Å². The molecule has 1 amide bonds. The first kappa shape index (κ1) is 18.3. The third kappa shape index (κ3) is 6.08. The van der Waals surface area contributed by atoms with Crippen molar-refractivity contribution in [3.63, 3.8) is 0 Å². The van der Waals surface area contributed by atoms with E-state index in [0.717, 1.165) is 63.6 Å². The van der Waals surface area contributed by atoms with Gasteiger partial charge < -0.3 is 10.2 Å². The maximum absolute atomic E-state index is 12.3. The third-order valence-corrected chi connectivity index (χ3v) is 5.54. The van der Waals surface area contributed by atoms with Crippen molar-refractivity contribution in [1.29, 1.82) is 0 Å². The van der Waals surface area contributed by atoms with Gasteiger partial charge in [0.2, 0.25) is 5.91 Å². The lowest BCUT2D eigenvalue weighted by molar-refractivity contribution is -0.123. The molecule has 1 aromatic rings. The summed E-state index contributed by atoms with van der Waals surface area (Å²) in [7, 11) is 0. The summed E-state index contributed by atoms with van der Waals surface area (Å²) >= 11 is 0. The fraction of sp³-hybridized carbons (Fsp3) is 0.700. The van der Waals surface area contributed by atoms with Gasteiger partial charge in [0.1, 0.15) is 0 Å². The molecule has 0 unspecified atom stereocenters. The number of aromatic nitrogens is 1. The van der Waals surface area contributed by atoms with Gasteiger partial charge in [0.15, 0.2) is 0 Å². The highest BCUT2D eigenvalue weighted by Crippen LogP contribution is 2.23. The molecule has 0 bridgehead atoms. The molecule has 0 aromatic carbocycles. The summed E-state index contributed by atoms with van der Waals surface area (Å²) in [5, 5.41) is 3.25. The van der Waals surface area contributed by atoms with Crippen LogP contribution in [0, 0.1) is 5.92 Å². The predicted molar refractivity (Wildman–Crippen MR) is 100 cm³/mol. The number of hydrogen-bond acceptors (Lipinski definition) is 4. The van der Waals surface area contributed by atoms with Crippen LogP contribution in [0.3, 0.4) is 0 Å². The number of nitrogens with zero attached hydrogens (tertiary/aromatic N) is 3. The summed E-state index contributed by atoms with van der Waals surface area (Å²) in [4.78, 5) is 21.5. The summed E-state index contributed by atoms with van der Waals surface area (Å²) in [5.41, 5.74) is 1.16. The fourth-order valence-corrected chi connectivity index (χ4v) is 4.03. The summed E-state index contributed by atoms with van der Waals surface area (Å²) in [6.45, 7) is 7.95. The second-order valence-electron chi connectivity index (χ2n) is 7.73. The van der Waals surface area contributed by atoms with Crippen molar-refractivity contribution in [3.8, 4) is 0 Å². The first-order chi connectivity index (χ1) is 12.2. The molecule has 1 saturated heterocycles. The Morgan fingerprint density at radius 3 is 2.72 bits per heavy atom. The van der Waals surface area contributed by atoms with Gasteiger partial charge in [-0.05, 0) is 30.9 Å². The van der Waals surface area contributed by atoms with Gasteiger partial charge >= 0.3 is 0 Å². The molecular weight excluding hydrogens is 312 g/mol. The van der Waals surface area contributed by atoms with Crippen molar-refractivity contribution in [3.05, 3.63) is 30.1 Å². The minimum absolute atomic E-state index is 0.209. The minimum Gasteiger partial charge on any atom is -0.352 e. The Kier molecular flexibility index (Phi) is 6.82. The molecule has 2 atom stereocenters. The molecule has 2 aliphatic rings. The van der Waals surface area contributed by atoms with Crippen LogP contribution in [0.4, 0.5) is 0 Å². The number of piperazine rings is 1. The molecule has 5 nitrogen and oxygen atoms in total. The first-order valence-electron chi connectivity index (χ1n) is 9.83. The molecule has 1 aromatic heterocycles. The SMILES string of the molecule is C[C@H]1CCC[C@@H](NC(=O)CN2CCN(CCc3ccccn3)CC2)C1. The topological polar surface area (TPSA) is 48.5 Å². The first-order valence-corrected chi connectivity index (χ1v) is 9.83. The van der Waals surface area contributed by atoms with E-state index in [1.54, 1.807) is 0 Å². The molecule has 0 spiro atoms. The van der Waals surface area contributed by atoms with Crippen molar-refractivity contribution >= 4 is 5.91 Å². The second-order valence-corrected chi connectivity index (χ2v) is 7.73. The van der Waals surface area contributed by atoms with E-state index in [1.807, 2.05) is 18.3 Å². The second kappa shape index (κ2) is 9.30. The van der Waals surface area contributed by atoms with Crippen molar-refractivity contribution in [1.82, 2.24) is 20.1 Å². The Morgan fingerprint density at radius 1 is 1.20 bits per heavy atom. The summed E-state index contributed by atoms with van der Waals surface area (Å²) in [5.74, 6) is 0.961. The van der Waals surface area contributed by atoms with Gasteiger partial charge in [-0.3, -0.25) is 14.7 Å². The van der Waals surface area contributed by atoms with Gasteiger partial charge in [-0.25, -0.2) is 0 Å². The molecule has 1 aliphatic carbocycles. The maximum Gasteiger partial charge on any atom is 0.234 e. The molecule has 1 saturated carbocycles. The highest BCUT2D eigenvalue weighted by molar-refractivity contribution is 5.78. The molecule has 3 rings (SSSR count).